The van der Waals surface area contributed by atoms with Gasteiger partial charge in [0.1, 0.15) is 0 Å². The monoisotopic (exact) mass is 383 g/mol. The van der Waals surface area contributed by atoms with E-state index in [0.29, 0.717) is 12.1 Å². The molecule has 1 heterocycles. The summed E-state index contributed by atoms with van der Waals surface area (Å²) < 4.78 is 0. The fourth-order valence-corrected chi connectivity index (χ4v) is 3.91. The summed E-state index contributed by atoms with van der Waals surface area (Å²) >= 11 is 1.52. The molecule has 2 aromatic carbocycles. The molecule has 2 N–H and O–H groups in total. The van der Waals surface area contributed by atoms with Gasteiger partial charge in [0.05, 0.1) is 10.9 Å². The minimum atomic E-state index is -0.110. The number of amides is 2. The van der Waals surface area contributed by atoms with E-state index in [1.807, 2.05) is 37.3 Å². The van der Waals surface area contributed by atoms with Crippen LogP contribution in [0.5, 0.6) is 0 Å². The molecule has 142 valence electrons. The van der Waals surface area contributed by atoms with Crippen LogP contribution in [0.3, 0.4) is 0 Å². The van der Waals surface area contributed by atoms with Crippen LogP contribution in [0.4, 0.5) is 5.69 Å². The van der Waals surface area contributed by atoms with Gasteiger partial charge >= 0.3 is 0 Å². The molecule has 6 heteroatoms. The number of hydrogen-bond donors (Lipinski definition) is 2. The Hall–Kier alpha value is -2.31. The molecule has 0 fully saturated rings. The van der Waals surface area contributed by atoms with Crippen molar-refractivity contribution in [3.05, 3.63) is 59.7 Å². The SMILES string of the molecule is CC1Sc2ccc(C(=O)NCCCN(C)Cc3ccccc3)cc2NC1=O. The fourth-order valence-electron chi connectivity index (χ4n) is 2.98. The van der Waals surface area contributed by atoms with E-state index in [9.17, 15) is 9.59 Å². The molecule has 0 aromatic heterocycles. The Bertz CT molecular complexity index is 810. The second-order valence-electron chi connectivity index (χ2n) is 6.79. The summed E-state index contributed by atoms with van der Waals surface area (Å²) in [6.07, 6.45) is 0.879. The first kappa shape index (κ1) is 19.5. The molecule has 0 spiro atoms. The fraction of sp³-hybridized carbons (Fsp3) is 0.333. The number of nitrogens with one attached hydrogen (secondary N) is 2. The molecular formula is C21H25N3O2S. The van der Waals surface area contributed by atoms with Crippen LogP contribution in [-0.4, -0.2) is 42.1 Å². The number of hydrogen-bond acceptors (Lipinski definition) is 4. The summed E-state index contributed by atoms with van der Waals surface area (Å²) in [6, 6.07) is 15.8. The maximum atomic E-state index is 12.4. The highest BCUT2D eigenvalue weighted by atomic mass is 32.2. The van der Waals surface area contributed by atoms with Crippen LogP contribution in [0.2, 0.25) is 0 Å². The third-order valence-electron chi connectivity index (χ3n) is 4.47. The highest BCUT2D eigenvalue weighted by molar-refractivity contribution is 8.00. The lowest BCUT2D eigenvalue weighted by Gasteiger charge is -2.21. The molecule has 2 aromatic rings. The number of anilines is 1. The van der Waals surface area contributed by atoms with E-state index < -0.39 is 0 Å². The van der Waals surface area contributed by atoms with E-state index >= 15 is 0 Å². The first-order valence-electron chi connectivity index (χ1n) is 9.15. The summed E-state index contributed by atoms with van der Waals surface area (Å²) in [6.45, 7) is 4.30. The van der Waals surface area contributed by atoms with E-state index in [2.05, 4.69) is 34.7 Å². The smallest absolute Gasteiger partial charge is 0.251 e. The van der Waals surface area contributed by atoms with Crippen molar-refractivity contribution in [2.45, 2.75) is 30.0 Å². The normalized spacial score (nSPS) is 16.0. The second-order valence-corrected chi connectivity index (χ2v) is 8.18. The maximum Gasteiger partial charge on any atom is 0.251 e. The van der Waals surface area contributed by atoms with Gasteiger partial charge in [-0.3, -0.25) is 9.59 Å². The van der Waals surface area contributed by atoms with E-state index in [1.165, 1.54) is 17.3 Å². The molecule has 0 aliphatic carbocycles. The molecule has 0 bridgehead atoms. The minimum absolute atomic E-state index is 0.0217. The molecule has 0 saturated heterocycles. The number of thioether (sulfide) groups is 1. The Kier molecular flexibility index (Phi) is 6.53. The lowest BCUT2D eigenvalue weighted by Crippen LogP contribution is -2.29. The lowest BCUT2D eigenvalue weighted by molar-refractivity contribution is -0.115. The minimum Gasteiger partial charge on any atom is -0.352 e. The van der Waals surface area contributed by atoms with Crippen molar-refractivity contribution >= 4 is 29.3 Å². The van der Waals surface area contributed by atoms with Crippen LogP contribution in [0.1, 0.15) is 29.3 Å². The number of carbonyl (C=O) groups is 2. The molecule has 27 heavy (non-hydrogen) atoms. The van der Waals surface area contributed by atoms with Gasteiger partial charge in [-0.2, -0.15) is 0 Å². The summed E-state index contributed by atoms with van der Waals surface area (Å²) in [7, 11) is 2.08. The predicted molar refractivity (Wildman–Crippen MR) is 110 cm³/mol. The van der Waals surface area contributed by atoms with Crippen molar-refractivity contribution < 1.29 is 9.59 Å². The van der Waals surface area contributed by atoms with Crippen molar-refractivity contribution in [3.8, 4) is 0 Å². The van der Waals surface area contributed by atoms with Crippen molar-refractivity contribution in [3.63, 3.8) is 0 Å². The molecule has 5 nitrogen and oxygen atoms in total. The van der Waals surface area contributed by atoms with Crippen molar-refractivity contribution in [1.29, 1.82) is 0 Å². The topological polar surface area (TPSA) is 61.4 Å². The number of rotatable bonds is 7. The van der Waals surface area contributed by atoms with Gasteiger partial charge in [-0.05, 0) is 50.7 Å². The van der Waals surface area contributed by atoms with Gasteiger partial charge < -0.3 is 15.5 Å². The zero-order valence-electron chi connectivity index (χ0n) is 15.7. The summed E-state index contributed by atoms with van der Waals surface area (Å²) in [4.78, 5) is 27.4. The van der Waals surface area contributed by atoms with E-state index in [0.717, 1.165) is 30.1 Å². The molecule has 2 amide bonds. The van der Waals surface area contributed by atoms with Crippen LogP contribution < -0.4 is 10.6 Å². The average Bonchev–Trinajstić information content (AvgIpc) is 2.66. The first-order valence-corrected chi connectivity index (χ1v) is 10.0. The quantitative estimate of drug-likeness (QED) is 0.720. The molecule has 1 atom stereocenters. The highest BCUT2D eigenvalue weighted by Crippen LogP contribution is 2.35. The van der Waals surface area contributed by atoms with Crippen molar-refractivity contribution in [2.75, 3.05) is 25.5 Å². The van der Waals surface area contributed by atoms with Crippen LogP contribution in [0.15, 0.2) is 53.4 Å². The molecule has 3 rings (SSSR count). The predicted octanol–water partition coefficient (Wildman–Crippen LogP) is 3.37. The Labute approximate surface area is 164 Å². The number of carbonyl (C=O) groups excluding carboxylic acids is 2. The average molecular weight is 384 g/mol. The molecular weight excluding hydrogens is 358 g/mol. The molecule has 1 aliphatic heterocycles. The molecule has 0 radical (unpaired) electrons. The summed E-state index contributed by atoms with van der Waals surface area (Å²) in [5, 5.41) is 5.72. The van der Waals surface area contributed by atoms with Gasteiger partial charge in [0.15, 0.2) is 0 Å². The third-order valence-corrected chi connectivity index (χ3v) is 5.65. The second kappa shape index (κ2) is 9.06. The number of fused-ring (bicyclic) bond motifs is 1. The largest absolute Gasteiger partial charge is 0.352 e. The maximum absolute atomic E-state index is 12.4. The van der Waals surface area contributed by atoms with Crippen LogP contribution in [0, 0.1) is 0 Å². The van der Waals surface area contributed by atoms with Crippen molar-refractivity contribution in [1.82, 2.24) is 10.2 Å². The first-order chi connectivity index (χ1) is 13.0. The van der Waals surface area contributed by atoms with Crippen LogP contribution in [0.25, 0.3) is 0 Å². The van der Waals surface area contributed by atoms with Gasteiger partial charge in [0.2, 0.25) is 5.91 Å². The van der Waals surface area contributed by atoms with E-state index in [1.54, 1.807) is 6.07 Å². The van der Waals surface area contributed by atoms with Crippen LogP contribution >= 0.6 is 11.8 Å². The zero-order valence-corrected chi connectivity index (χ0v) is 16.5. The molecule has 1 unspecified atom stereocenters. The number of benzene rings is 2. The van der Waals surface area contributed by atoms with Gasteiger partial charge in [0.25, 0.3) is 5.91 Å². The standard InChI is InChI=1S/C21H25N3O2S/c1-15-20(25)23-18-13-17(9-10-19(18)27-15)21(26)22-11-6-12-24(2)14-16-7-4-3-5-8-16/h3-5,7-10,13,15H,6,11-12,14H2,1-2H3,(H,22,26)(H,23,25). The molecule has 1 aliphatic rings. The van der Waals surface area contributed by atoms with E-state index in [4.69, 9.17) is 0 Å². The van der Waals surface area contributed by atoms with Gasteiger partial charge in [-0.25, -0.2) is 0 Å². The van der Waals surface area contributed by atoms with Crippen molar-refractivity contribution in [2.24, 2.45) is 0 Å². The molecule has 0 saturated carbocycles. The zero-order chi connectivity index (χ0) is 19.2. The third kappa shape index (κ3) is 5.34. The Morgan fingerprint density at radius 2 is 2.00 bits per heavy atom. The number of nitrogens with zero attached hydrogens (tertiary/aromatic N) is 1. The Balaban J connectivity index is 1.44. The Morgan fingerprint density at radius 1 is 1.22 bits per heavy atom. The van der Waals surface area contributed by atoms with Gasteiger partial charge in [0, 0.05) is 23.5 Å². The summed E-state index contributed by atoms with van der Waals surface area (Å²) in [5.74, 6) is -0.132. The Morgan fingerprint density at radius 3 is 2.78 bits per heavy atom. The lowest BCUT2D eigenvalue weighted by atomic mass is 10.1. The van der Waals surface area contributed by atoms with Gasteiger partial charge in [-0.15, -0.1) is 11.8 Å². The highest BCUT2D eigenvalue weighted by Gasteiger charge is 2.23. The van der Waals surface area contributed by atoms with Crippen LogP contribution in [-0.2, 0) is 11.3 Å². The summed E-state index contributed by atoms with van der Waals surface area (Å²) in [5.41, 5.74) is 2.58. The van der Waals surface area contributed by atoms with E-state index in [-0.39, 0.29) is 17.1 Å². The van der Waals surface area contributed by atoms with Gasteiger partial charge in [-0.1, -0.05) is 30.3 Å².